The van der Waals surface area contributed by atoms with Gasteiger partial charge in [-0.15, -0.1) is 0 Å². The predicted octanol–water partition coefficient (Wildman–Crippen LogP) is 3.74. The van der Waals surface area contributed by atoms with Gasteiger partial charge in [0, 0.05) is 18.7 Å². The van der Waals surface area contributed by atoms with E-state index in [4.69, 9.17) is 0 Å². The Labute approximate surface area is 134 Å². The molecule has 0 unspecified atom stereocenters. The maximum atomic E-state index is 12.8. The maximum Gasteiger partial charge on any atom is 0.254 e. The smallest absolute Gasteiger partial charge is 0.254 e. The van der Waals surface area contributed by atoms with E-state index < -0.39 is 0 Å². The first kappa shape index (κ1) is 13.8. The lowest BCUT2D eigenvalue weighted by atomic mass is 9.99. The third kappa shape index (κ3) is 2.55. The van der Waals surface area contributed by atoms with Crippen LogP contribution in [0.4, 0.5) is 0 Å². The van der Waals surface area contributed by atoms with E-state index in [-0.39, 0.29) is 11.7 Å². The van der Waals surface area contributed by atoms with Gasteiger partial charge < -0.3 is 10.0 Å². The van der Waals surface area contributed by atoms with Crippen molar-refractivity contribution in [1.82, 2.24) is 4.90 Å². The molecule has 3 aromatic rings. The maximum absolute atomic E-state index is 12.8. The van der Waals surface area contributed by atoms with E-state index in [0.717, 1.165) is 23.7 Å². The van der Waals surface area contributed by atoms with E-state index in [1.807, 2.05) is 35.2 Å². The number of phenols is 1. The second kappa shape index (κ2) is 5.43. The first-order valence-electron chi connectivity index (χ1n) is 7.79. The summed E-state index contributed by atoms with van der Waals surface area (Å²) in [6.45, 7) is 1.42. The van der Waals surface area contributed by atoms with Crippen LogP contribution in [0.5, 0.6) is 5.75 Å². The van der Waals surface area contributed by atoms with Crippen molar-refractivity contribution in [1.29, 1.82) is 0 Å². The number of carbonyl (C=O) groups excluding carboxylic acids is 1. The van der Waals surface area contributed by atoms with E-state index in [1.54, 1.807) is 12.1 Å². The monoisotopic (exact) mass is 303 g/mol. The number of phenolic OH excluding ortho intramolecular Hbond substituents is 1. The number of hydrogen-bond acceptors (Lipinski definition) is 2. The summed E-state index contributed by atoms with van der Waals surface area (Å²) in [6, 6.07) is 19.1. The quantitative estimate of drug-likeness (QED) is 0.744. The molecule has 1 aliphatic rings. The van der Waals surface area contributed by atoms with Crippen molar-refractivity contribution in [2.75, 3.05) is 6.54 Å². The molecule has 0 aliphatic carbocycles. The standard InChI is InChI=1S/C20H17NO2/c22-19-8-7-15-11-17(6-5-16(15)12-19)20(23)21-10-9-14-3-1-2-4-18(14)13-21/h1-8,11-12,22H,9-10,13H2. The van der Waals surface area contributed by atoms with Gasteiger partial charge in [-0.05, 0) is 52.6 Å². The summed E-state index contributed by atoms with van der Waals surface area (Å²) in [5.41, 5.74) is 3.27. The molecule has 4 rings (SSSR count). The van der Waals surface area contributed by atoms with Gasteiger partial charge in [-0.2, -0.15) is 0 Å². The fraction of sp³-hybridized carbons (Fsp3) is 0.150. The fourth-order valence-corrected chi connectivity index (χ4v) is 3.22. The highest BCUT2D eigenvalue weighted by Gasteiger charge is 2.21. The van der Waals surface area contributed by atoms with Gasteiger partial charge in [-0.25, -0.2) is 0 Å². The van der Waals surface area contributed by atoms with Crippen molar-refractivity contribution in [3.05, 3.63) is 77.4 Å². The third-order valence-electron chi connectivity index (χ3n) is 4.49. The number of fused-ring (bicyclic) bond motifs is 2. The van der Waals surface area contributed by atoms with Gasteiger partial charge in [0.05, 0.1) is 0 Å². The lowest BCUT2D eigenvalue weighted by Gasteiger charge is -2.29. The highest BCUT2D eigenvalue weighted by Crippen LogP contribution is 2.24. The van der Waals surface area contributed by atoms with Crippen LogP contribution in [0.2, 0.25) is 0 Å². The minimum Gasteiger partial charge on any atom is -0.508 e. The lowest BCUT2D eigenvalue weighted by molar-refractivity contribution is 0.0735. The summed E-state index contributed by atoms with van der Waals surface area (Å²) in [7, 11) is 0. The Morgan fingerprint density at radius 1 is 0.913 bits per heavy atom. The van der Waals surface area contributed by atoms with E-state index in [1.165, 1.54) is 11.1 Å². The molecule has 0 radical (unpaired) electrons. The highest BCUT2D eigenvalue weighted by molar-refractivity contribution is 5.98. The van der Waals surface area contributed by atoms with E-state index in [9.17, 15) is 9.90 Å². The van der Waals surface area contributed by atoms with E-state index in [2.05, 4.69) is 18.2 Å². The Bertz CT molecular complexity index is 901. The molecule has 0 saturated carbocycles. The second-order valence-corrected chi connectivity index (χ2v) is 5.99. The summed E-state index contributed by atoms with van der Waals surface area (Å²) in [5, 5.41) is 11.4. The van der Waals surface area contributed by atoms with Gasteiger partial charge in [0.15, 0.2) is 0 Å². The van der Waals surface area contributed by atoms with Crippen LogP contribution in [0.15, 0.2) is 60.7 Å². The molecule has 3 aromatic carbocycles. The minimum atomic E-state index is 0.0643. The molecule has 0 aromatic heterocycles. The molecule has 1 amide bonds. The van der Waals surface area contributed by atoms with Crippen LogP contribution >= 0.6 is 0 Å². The number of aromatic hydroxyl groups is 1. The number of nitrogens with zero attached hydrogens (tertiary/aromatic N) is 1. The molecule has 1 aliphatic heterocycles. The SMILES string of the molecule is O=C(c1ccc2cc(O)ccc2c1)N1CCc2ccccc2C1. The summed E-state index contributed by atoms with van der Waals surface area (Å²) >= 11 is 0. The Balaban J connectivity index is 1.63. The summed E-state index contributed by atoms with van der Waals surface area (Å²) in [4.78, 5) is 14.7. The molecular formula is C20H17NO2. The summed E-state index contributed by atoms with van der Waals surface area (Å²) in [6.07, 6.45) is 0.906. The van der Waals surface area contributed by atoms with Crippen molar-refractivity contribution in [2.45, 2.75) is 13.0 Å². The molecule has 0 atom stereocenters. The predicted molar refractivity (Wildman–Crippen MR) is 90.5 cm³/mol. The van der Waals surface area contributed by atoms with Crippen LogP contribution in [-0.2, 0) is 13.0 Å². The molecule has 1 N–H and O–H groups in total. The van der Waals surface area contributed by atoms with Crippen molar-refractivity contribution in [3.8, 4) is 5.75 Å². The van der Waals surface area contributed by atoms with Gasteiger partial charge in [0.2, 0.25) is 0 Å². The van der Waals surface area contributed by atoms with Gasteiger partial charge in [0.25, 0.3) is 5.91 Å². The van der Waals surface area contributed by atoms with E-state index in [0.29, 0.717) is 12.1 Å². The zero-order valence-corrected chi connectivity index (χ0v) is 12.7. The normalized spacial score (nSPS) is 13.8. The molecule has 3 nitrogen and oxygen atoms in total. The van der Waals surface area contributed by atoms with Crippen molar-refractivity contribution in [2.24, 2.45) is 0 Å². The Morgan fingerprint density at radius 2 is 1.65 bits per heavy atom. The first-order chi connectivity index (χ1) is 11.2. The third-order valence-corrected chi connectivity index (χ3v) is 4.49. The van der Waals surface area contributed by atoms with Crippen molar-refractivity contribution >= 4 is 16.7 Å². The van der Waals surface area contributed by atoms with Crippen LogP contribution in [0.3, 0.4) is 0 Å². The highest BCUT2D eigenvalue weighted by atomic mass is 16.3. The van der Waals surface area contributed by atoms with Gasteiger partial charge in [-0.3, -0.25) is 4.79 Å². The zero-order chi connectivity index (χ0) is 15.8. The number of benzene rings is 3. The van der Waals surface area contributed by atoms with E-state index >= 15 is 0 Å². The second-order valence-electron chi connectivity index (χ2n) is 5.99. The lowest BCUT2D eigenvalue weighted by Crippen LogP contribution is -2.35. The molecule has 0 spiro atoms. The van der Waals surface area contributed by atoms with Gasteiger partial charge in [0.1, 0.15) is 5.75 Å². The minimum absolute atomic E-state index is 0.0643. The van der Waals surface area contributed by atoms with Crippen LogP contribution in [0.1, 0.15) is 21.5 Å². The number of hydrogen-bond donors (Lipinski definition) is 1. The van der Waals surface area contributed by atoms with Crippen molar-refractivity contribution in [3.63, 3.8) is 0 Å². The topological polar surface area (TPSA) is 40.5 Å². The largest absolute Gasteiger partial charge is 0.508 e. The molecule has 0 fully saturated rings. The Kier molecular flexibility index (Phi) is 3.27. The zero-order valence-electron chi connectivity index (χ0n) is 12.7. The summed E-state index contributed by atoms with van der Waals surface area (Å²) in [5.74, 6) is 0.304. The average Bonchev–Trinajstić information content (AvgIpc) is 2.60. The number of carbonyl (C=O) groups is 1. The fourth-order valence-electron chi connectivity index (χ4n) is 3.22. The first-order valence-corrected chi connectivity index (χ1v) is 7.79. The molecular weight excluding hydrogens is 286 g/mol. The van der Waals surface area contributed by atoms with Crippen LogP contribution in [-0.4, -0.2) is 22.5 Å². The molecule has 0 saturated heterocycles. The molecule has 114 valence electrons. The Morgan fingerprint density at radius 3 is 2.52 bits per heavy atom. The molecule has 23 heavy (non-hydrogen) atoms. The average molecular weight is 303 g/mol. The van der Waals surface area contributed by atoms with Crippen molar-refractivity contribution < 1.29 is 9.90 Å². The molecule has 1 heterocycles. The number of rotatable bonds is 1. The van der Waals surface area contributed by atoms with Crippen LogP contribution in [0, 0.1) is 0 Å². The van der Waals surface area contributed by atoms with Gasteiger partial charge >= 0.3 is 0 Å². The van der Waals surface area contributed by atoms with Gasteiger partial charge in [-0.1, -0.05) is 36.4 Å². The Hall–Kier alpha value is -2.81. The summed E-state index contributed by atoms with van der Waals surface area (Å²) < 4.78 is 0. The van der Waals surface area contributed by atoms with Crippen LogP contribution in [0.25, 0.3) is 10.8 Å². The van der Waals surface area contributed by atoms with Crippen LogP contribution < -0.4 is 0 Å². The number of amides is 1. The molecule has 3 heteroatoms. The molecule has 0 bridgehead atoms.